The highest BCUT2D eigenvalue weighted by Gasteiger charge is 2.21. The number of hydrogen-bond acceptors (Lipinski definition) is 7. The van der Waals surface area contributed by atoms with Crippen LogP contribution < -0.4 is 5.73 Å². The molecule has 1 saturated heterocycles. The Morgan fingerprint density at radius 3 is 2.84 bits per heavy atom. The predicted octanol–water partition coefficient (Wildman–Crippen LogP) is 1.47. The largest absolute Gasteiger partial charge is 0.382 e. The van der Waals surface area contributed by atoms with Crippen molar-refractivity contribution in [2.45, 2.75) is 18.0 Å². The maximum Gasteiger partial charge on any atom is 0.270 e. The van der Waals surface area contributed by atoms with E-state index in [2.05, 4.69) is 15.0 Å². The summed E-state index contributed by atoms with van der Waals surface area (Å²) in [6.07, 6.45) is 4.91. The third-order valence-electron chi connectivity index (χ3n) is 3.88. The molecule has 0 spiro atoms. The van der Waals surface area contributed by atoms with E-state index >= 15 is 0 Å². The maximum absolute atomic E-state index is 12.3. The van der Waals surface area contributed by atoms with E-state index in [1.165, 1.54) is 6.20 Å². The van der Waals surface area contributed by atoms with Gasteiger partial charge in [0.2, 0.25) is 0 Å². The molecule has 0 aliphatic carbocycles. The molecule has 0 aromatic carbocycles. The van der Waals surface area contributed by atoms with Gasteiger partial charge in [-0.05, 0) is 18.9 Å². The summed E-state index contributed by atoms with van der Waals surface area (Å²) in [4.78, 5) is 37.2. The highest BCUT2D eigenvalue weighted by molar-refractivity contribution is 7.99. The van der Waals surface area contributed by atoms with Crippen molar-refractivity contribution in [3.63, 3.8) is 0 Å². The van der Waals surface area contributed by atoms with Gasteiger partial charge in [-0.1, -0.05) is 11.8 Å². The lowest BCUT2D eigenvalue weighted by molar-refractivity contribution is 0.0787. The molecular weight excluding hydrogens is 340 g/mol. The fourth-order valence-electron chi connectivity index (χ4n) is 2.52. The number of aromatic amines is 1. The molecule has 25 heavy (non-hydrogen) atoms. The van der Waals surface area contributed by atoms with E-state index in [1.807, 2.05) is 6.07 Å². The first kappa shape index (κ1) is 17.0. The first-order chi connectivity index (χ1) is 12.1. The number of ketones is 1. The van der Waals surface area contributed by atoms with Gasteiger partial charge in [0.25, 0.3) is 5.91 Å². The van der Waals surface area contributed by atoms with Crippen LogP contribution in [-0.2, 0) is 0 Å². The minimum absolute atomic E-state index is 0.0765. The number of nitriles is 1. The monoisotopic (exact) mass is 356 g/mol. The molecule has 1 aliphatic rings. The summed E-state index contributed by atoms with van der Waals surface area (Å²) < 4.78 is 0. The summed E-state index contributed by atoms with van der Waals surface area (Å²) in [5.41, 5.74) is 6.69. The van der Waals surface area contributed by atoms with Gasteiger partial charge in [0, 0.05) is 24.8 Å². The number of Topliss-reactive ketones (excluding diaryl/α,β-unsaturated/α-hetero) is 1. The van der Waals surface area contributed by atoms with Gasteiger partial charge in [0.05, 0.1) is 11.9 Å². The van der Waals surface area contributed by atoms with Gasteiger partial charge in [-0.3, -0.25) is 9.59 Å². The Morgan fingerprint density at radius 1 is 1.40 bits per heavy atom. The fourth-order valence-corrected chi connectivity index (χ4v) is 3.23. The summed E-state index contributed by atoms with van der Waals surface area (Å²) >= 11 is 1.13. The summed E-state index contributed by atoms with van der Waals surface area (Å²) in [5, 5.41) is 9.12. The van der Waals surface area contributed by atoms with Crippen LogP contribution in [0.25, 0.3) is 0 Å². The van der Waals surface area contributed by atoms with Crippen LogP contribution in [0.4, 0.5) is 5.82 Å². The third kappa shape index (κ3) is 3.80. The summed E-state index contributed by atoms with van der Waals surface area (Å²) in [7, 11) is 0. The lowest BCUT2D eigenvalue weighted by Gasteiger charge is -2.13. The summed E-state index contributed by atoms with van der Waals surface area (Å²) in [6.45, 7) is 1.52. The zero-order valence-electron chi connectivity index (χ0n) is 13.4. The topological polar surface area (TPSA) is 129 Å². The van der Waals surface area contributed by atoms with E-state index in [-0.39, 0.29) is 28.8 Å². The van der Waals surface area contributed by atoms with Crippen LogP contribution in [0.1, 0.15) is 39.3 Å². The van der Waals surface area contributed by atoms with Gasteiger partial charge in [0.15, 0.2) is 10.9 Å². The number of hydrogen-bond donors (Lipinski definition) is 2. The molecule has 3 N–H and O–H groups in total. The molecule has 2 aromatic heterocycles. The van der Waals surface area contributed by atoms with Crippen molar-refractivity contribution in [3.05, 3.63) is 35.3 Å². The van der Waals surface area contributed by atoms with Crippen molar-refractivity contribution in [2.75, 3.05) is 24.6 Å². The highest BCUT2D eigenvalue weighted by Crippen LogP contribution is 2.19. The number of carbonyl (C=O) groups is 2. The Balaban J connectivity index is 1.61. The standard InChI is InChI=1S/C16H16N6O2S/c17-6-11-8-20-16(21-14(11)18)25-9-13(23)10-5-12(19-7-10)15(24)22-3-1-2-4-22/h5,7-8,19H,1-4,9H2,(H2,18,20,21). The number of nitrogens with one attached hydrogen (secondary N) is 1. The Kier molecular flexibility index (Phi) is 5.00. The Morgan fingerprint density at radius 2 is 2.16 bits per heavy atom. The number of aromatic nitrogens is 3. The van der Waals surface area contributed by atoms with Crippen LogP contribution in [0.3, 0.4) is 0 Å². The van der Waals surface area contributed by atoms with Crippen LogP contribution in [-0.4, -0.2) is 50.4 Å². The second-order valence-corrected chi connectivity index (χ2v) is 6.52. The molecule has 0 saturated carbocycles. The van der Waals surface area contributed by atoms with Crippen molar-refractivity contribution in [3.8, 4) is 6.07 Å². The Hall–Kier alpha value is -2.86. The van der Waals surface area contributed by atoms with Crippen molar-refractivity contribution >= 4 is 29.3 Å². The Bertz CT molecular complexity index is 851. The van der Waals surface area contributed by atoms with Crippen molar-refractivity contribution in [1.82, 2.24) is 19.9 Å². The molecule has 0 atom stereocenters. The first-order valence-corrected chi connectivity index (χ1v) is 8.73. The lowest BCUT2D eigenvalue weighted by Crippen LogP contribution is -2.27. The second kappa shape index (κ2) is 7.36. The van der Waals surface area contributed by atoms with Crippen molar-refractivity contribution in [2.24, 2.45) is 0 Å². The van der Waals surface area contributed by atoms with Crippen LogP contribution in [0, 0.1) is 11.3 Å². The smallest absolute Gasteiger partial charge is 0.270 e. The molecule has 0 radical (unpaired) electrons. The molecule has 1 amide bonds. The zero-order chi connectivity index (χ0) is 17.8. The molecule has 8 nitrogen and oxygen atoms in total. The molecular formula is C16H16N6O2S. The molecule has 0 unspecified atom stereocenters. The average molecular weight is 356 g/mol. The highest BCUT2D eigenvalue weighted by atomic mass is 32.2. The molecule has 128 valence electrons. The number of carbonyl (C=O) groups excluding carboxylic acids is 2. The number of amides is 1. The normalized spacial score (nSPS) is 13.6. The maximum atomic E-state index is 12.3. The quantitative estimate of drug-likeness (QED) is 0.471. The fraction of sp³-hybridized carbons (Fsp3) is 0.312. The number of nitrogen functional groups attached to an aromatic ring is 1. The average Bonchev–Trinajstić information content (AvgIpc) is 3.30. The van der Waals surface area contributed by atoms with Crippen molar-refractivity contribution in [1.29, 1.82) is 5.26 Å². The minimum Gasteiger partial charge on any atom is -0.382 e. The number of H-pyrrole nitrogens is 1. The van der Waals surface area contributed by atoms with E-state index in [0.29, 0.717) is 16.4 Å². The SMILES string of the molecule is N#Cc1cnc(SCC(=O)c2c[nH]c(C(=O)N3CCCC3)c2)nc1N. The Labute approximate surface area is 148 Å². The van der Waals surface area contributed by atoms with E-state index in [1.54, 1.807) is 17.2 Å². The van der Waals surface area contributed by atoms with E-state index in [0.717, 1.165) is 37.7 Å². The number of rotatable bonds is 5. The first-order valence-electron chi connectivity index (χ1n) is 7.75. The van der Waals surface area contributed by atoms with Crippen LogP contribution in [0.5, 0.6) is 0 Å². The van der Waals surface area contributed by atoms with E-state index in [4.69, 9.17) is 11.0 Å². The molecule has 9 heteroatoms. The van der Waals surface area contributed by atoms with E-state index < -0.39 is 0 Å². The molecule has 3 heterocycles. The molecule has 3 rings (SSSR count). The van der Waals surface area contributed by atoms with Gasteiger partial charge in [-0.15, -0.1) is 0 Å². The third-order valence-corrected chi connectivity index (χ3v) is 4.74. The zero-order valence-corrected chi connectivity index (χ0v) is 14.2. The summed E-state index contributed by atoms with van der Waals surface area (Å²) in [5.74, 6) is -0.0196. The number of anilines is 1. The van der Waals surface area contributed by atoms with Gasteiger partial charge in [-0.2, -0.15) is 5.26 Å². The number of nitrogens with zero attached hydrogens (tertiary/aromatic N) is 4. The molecule has 0 bridgehead atoms. The van der Waals surface area contributed by atoms with Crippen LogP contribution in [0.2, 0.25) is 0 Å². The second-order valence-electron chi connectivity index (χ2n) is 5.58. The summed E-state index contributed by atoms with van der Waals surface area (Å²) in [6, 6.07) is 3.46. The number of thioether (sulfide) groups is 1. The van der Waals surface area contributed by atoms with E-state index in [9.17, 15) is 9.59 Å². The van der Waals surface area contributed by atoms with Gasteiger partial charge in [0.1, 0.15) is 23.1 Å². The number of nitrogens with two attached hydrogens (primary N) is 1. The lowest BCUT2D eigenvalue weighted by atomic mass is 10.2. The van der Waals surface area contributed by atoms with Crippen LogP contribution >= 0.6 is 11.8 Å². The van der Waals surface area contributed by atoms with Gasteiger partial charge >= 0.3 is 0 Å². The molecule has 1 aliphatic heterocycles. The molecule has 1 fully saturated rings. The minimum atomic E-state index is -0.145. The van der Waals surface area contributed by atoms with Crippen molar-refractivity contribution < 1.29 is 9.59 Å². The predicted molar refractivity (Wildman–Crippen MR) is 92.1 cm³/mol. The number of likely N-dealkylation sites (tertiary alicyclic amines) is 1. The van der Waals surface area contributed by atoms with Crippen LogP contribution in [0.15, 0.2) is 23.6 Å². The van der Waals surface area contributed by atoms with Gasteiger partial charge in [-0.25, -0.2) is 9.97 Å². The molecule has 2 aromatic rings. The van der Waals surface area contributed by atoms with Gasteiger partial charge < -0.3 is 15.6 Å².